The number of amides is 1. The Morgan fingerprint density at radius 3 is 2.55 bits per heavy atom. The Hall–Kier alpha value is -2.42. The van der Waals surface area contributed by atoms with Crippen molar-refractivity contribution in [1.29, 1.82) is 0 Å². The van der Waals surface area contributed by atoms with E-state index in [1.54, 1.807) is 6.92 Å². The van der Waals surface area contributed by atoms with Crippen LogP contribution in [0.5, 0.6) is 0 Å². The van der Waals surface area contributed by atoms with Gasteiger partial charge in [0.1, 0.15) is 11.9 Å². The molecule has 110 valence electrons. The van der Waals surface area contributed by atoms with Crippen LogP contribution in [0.4, 0.5) is 17.3 Å². The number of pyridine rings is 1. The minimum absolute atomic E-state index is 0.0168. The van der Waals surface area contributed by atoms with Crippen molar-refractivity contribution in [1.82, 2.24) is 10.3 Å². The second kappa shape index (κ2) is 6.66. The molecular weight excluding hydrogens is 264 g/mol. The van der Waals surface area contributed by atoms with Crippen LogP contribution >= 0.6 is 0 Å². The molecule has 9 nitrogen and oxygen atoms in total. The SMILES string of the molecule is CC(C)NC(=O)C(C)Nc1nc(NN)ccc1[N+](=O)[O-]. The van der Waals surface area contributed by atoms with Crippen molar-refractivity contribution in [3.8, 4) is 0 Å². The van der Waals surface area contributed by atoms with E-state index in [9.17, 15) is 14.9 Å². The quantitative estimate of drug-likeness (QED) is 0.341. The van der Waals surface area contributed by atoms with Crippen molar-refractivity contribution in [2.45, 2.75) is 32.9 Å². The number of nitrogens with zero attached hydrogens (tertiary/aromatic N) is 2. The van der Waals surface area contributed by atoms with Crippen molar-refractivity contribution in [2.75, 3.05) is 10.7 Å². The van der Waals surface area contributed by atoms with Crippen LogP contribution in [-0.4, -0.2) is 27.9 Å². The number of anilines is 2. The van der Waals surface area contributed by atoms with E-state index in [4.69, 9.17) is 5.84 Å². The first-order valence-electron chi connectivity index (χ1n) is 6.04. The summed E-state index contributed by atoms with van der Waals surface area (Å²) in [6, 6.07) is 1.95. The first-order chi connectivity index (χ1) is 9.35. The molecule has 1 rings (SSSR count). The molecule has 0 aliphatic carbocycles. The van der Waals surface area contributed by atoms with E-state index in [0.29, 0.717) is 0 Å². The zero-order chi connectivity index (χ0) is 15.3. The van der Waals surface area contributed by atoms with Crippen LogP contribution in [0.1, 0.15) is 20.8 Å². The van der Waals surface area contributed by atoms with Gasteiger partial charge >= 0.3 is 5.69 Å². The highest BCUT2D eigenvalue weighted by atomic mass is 16.6. The number of rotatable bonds is 6. The number of hydrazine groups is 1. The van der Waals surface area contributed by atoms with Gasteiger partial charge in [-0.1, -0.05) is 0 Å². The fraction of sp³-hybridized carbons (Fsp3) is 0.455. The molecule has 0 aromatic carbocycles. The molecule has 1 heterocycles. The van der Waals surface area contributed by atoms with Gasteiger partial charge in [0.15, 0.2) is 0 Å². The fourth-order valence-corrected chi connectivity index (χ4v) is 1.47. The molecule has 1 atom stereocenters. The van der Waals surface area contributed by atoms with E-state index in [1.807, 2.05) is 13.8 Å². The molecule has 1 aromatic rings. The highest BCUT2D eigenvalue weighted by Gasteiger charge is 2.21. The first-order valence-corrected chi connectivity index (χ1v) is 6.04. The lowest BCUT2D eigenvalue weighted by Crippen LogP contribution is -2.41. The number of hydrogen-bond donors (Lipinski definition) is 4. The van der Waals surface area contributed by atoms with Gasteiger partial charge in [0, 0.05) is 12.1 Å². The Morgan fingerprint density at radius 1 is 1.40 bits per heavy atom. The lowest BCUT2D eigenvalue weighted by Gasteiger charge is -2.16. The molecule has 0 spiro atoms. The summed E-state index contributed by atoms with van der Waals surface area (Å²) in [6.07, 6.45) is 0. The average Bonchev–Trinajstić information content (AvgIpc) is 2.37. The van der Waals surface area contributed by atoms with Gasteiger partial charge in [-0.05, 0) is 26.8 Å². The summed E-state index contributed by atoms with van der Waals surface area (Å²) in [4.78, 5) is 26.1. The van der Waals surface area contributed by atoms with Gasteiger partial charge < -0.3 is 16.1 Å². The van der Waals surface area contributed by atoms with Crippen LogP contribution < -0.4 is 21.9 Å². The van der Waals surface area contributed by atoms with Crippen LogP contribution in [0.25, 0.3) is 0 Å². The molecule has 20 heavy (non-hydrogen) atoms. The van der Waals surface area contributed by atoms with Crippen LogP contribution in [0.2, 0.25) is 0 Å². The molecule has 0 bridgehead atoms. The average molecular weight is 282 g/mol. The summed E-state index contributed by atoms with van der Waals surface area (Å²) >= 11 is 0. The predicted molar refractivity (Wildman–Crippen MR) is 75.1 cm³/mol. The summed E-state index contributed by atoms with van der Waals surface area (Å²) in [6.45, 7) is 5.24. The number of nitrogens with one attached hydrogen (secondary N) is 3. The first kappa shape index (κ1) is 15.6. The molecule has 0 saturated carbocycles. The normalized spacial score (nSPS) is 11.8. The van der Waals surface area contributed by atoms with E-state index in [2.05, 4.69) is 21.0 Å². The van der Waals surface area contributed by atoms with Crippen molar-refractivity contribution in [3.05, 3.63) is 22.2 Å². The Balaban J connectivity index is 2.94. The number of aromatic nitrogens is 1. The zero-order valence-corrected chi connectivity index (χ0v) is 11.5. The van der Waals surface area contributed by atoms with Crippen molar-refractivity contribution in [2.24, 2.45) is 5.84 Å². The fourth-order valence-electron chi connectivity index (χ4n) is 1.47. The van der Waals surface area contributed by atoms with Gasteiger partial charge in [0.25, 0.3) is 0 Å². The van der Waals surface area contributed by atoms with Crippen LogP contribution in [-0.2, 0) is 4.79 Å². The maximum absolute atomic E-state index is 11.8. The van der Waals surface area contributed by atoms with Gasteiger partial charge in [-0.15, -0.1) is 0 Å². The molecule has 1 amide bonds. The third kappa shape index (κ3) is 4.05. The Bertz CT molecular complexity index is 505. The number of carbonyl (C=O) groups excluding carboxylic acids is 1. The summed E-state index contributed by atoms with van der Waals surface area (Å²) < 4.78 is 0. The predicted octanol–water partition coefficient (Wildman–Crippen LogP) is 0.600. The molecule has 0 aliphatic rings. The molecule has 0 saturated heterocycles. The standard InChI is InChI=1S/C11H18N6O3/c1-6(2)13-11(18)7(3)14-10-8(17(19)20)4-5-9(15-10)16-12/h4-7H,12H2,1-3H3,(H,13,18)(H2,14,15,16). The maximum atomic E-state index is 11.8. The largest absolute Gasteiger partial charge is 0.353 e. The van der Waals surface area contributed by atoms with Gasteiger partial charge in [-0.25, -0.2) is 10.8 Å². The molecule has 5 N–H and O–H groups in total. The molecule has 0 radical (unpaired) electrons. The van der Waals surface area contributed by atoms with E-state index in [1.165, 1.54) is 12.1 Å². The van der Waals surface area contributed by atoms with Crippen molar-refractivity contribution >= 4 is 23.2 Å². The number of nitro groups is 1. The van der Waals surface area contributed by atoms with Crippen LogP contribution in [0.15, 0.2) is 12.1 Å². The van der Waals surface area contributed by atoms with Crippen LogP contribution in [0.3, 0.4) is 0 Å². The summed E-state index contributed by atoms with van der Waals surface area (Å²) in [5.41, 5.74) is 2.07. The van der Waals surface area contributed by atoms with E-state index >= 15 is 0 Å². The second-order valence-electron chi connectivity index (χ2n) is 4.49. The molecule has 9 heteroatoms. The smallest absolute Gasteiger partial charge is 0.311 e. The van der Waals surface area contributed by atoms with Gasteiger partial charge in [-0.3, -0.25) is 14.9 Å². The maximum Gasteiger partial charge on any atom is 0.311 e. The molecule has 0 fully saturated rings. The van der Waals surface area contributed by atoms with E-state index < -0.39 is 11.0 Å². The van der Waals surface area contributed by atoms with Crippen molar-refractivity contribution in [3.63, 3.8) is 0 Å². The summed E-state index contributed by atoms with van der Waals surface area (Å²) in [5, 5.41) is 16.3. The van der Waals surface area contributed by atoms with E-state index in [0.717, 1.165) is 0 Å². The van der Waals surface area contributed by atoms with Gasteiger partial charge in [0.05, 0.1) is 4.92 Å². The third-order valence-electron chi connectivity index (χ3n) is 2.40. The van der Waals surface area contributed by atoms with Crippen molar-refractivity contribution < 1.29 is 9.72 Å². The Kier molecular flexibility index (Phi) is 5.21. The van der Waals surface area contributed by atoms with E-state index in [-0.39, 0.29) is 29.3 Å². The summed E-state index contributed by atoms with van der Waals surface area (Å²) in [5.74, 6) is 5.18. The third-order valence-corrected chi connectivity index (χ3v) is 2.40. The summed E-state index contributed by atoms with van der Waals surface area (Å²) in [7, 11) is 0. The topological polar surface area (TPSA) is 135 Å². The number of nitrogens with two attached hydrogens (primary N) is 1. The monoisotopic (exact) mass is 282 g/mol. The number of nitrogen functional groups attached to an aromatic ring is 1. The Morgan fingerprint density at radius 2 is 2.05 bits per heavy atom. The minimum atomic E-state index is -0.670. The highest BCUT2D eigenvalue weighted by Crippen LogP contribution is 2.24. The van der Waals surface area contributed by atoms with Gasteiger partial charge in [-0.2, -0.15) is 0 Å². The highest BCUT2D eigenvalue weighted by molar-refractivity contribution is 5.84. The second-order valence-corrected chi connectivity index (χ2v) is 4.49. The minimum Gasteiger partial charge on any atom is -0.353 e. The lowest BCUT2D eigenvalue weighted by atomic mass is 10.2. The molecule has 1 unspecified atom stereocenters. The Labute approximate surface area is 116 Å². The molecule has 1 aromatic heterocycles. The molecule has 0 aliphatic heterocycles. The zero-order valence-electron chi connectivity index (χ0n) is 11.5. The molecular formula is C11H18N6O3. The van der Waals surface area contributed by atoms with Crippen LogP contribution in [0, 0.1) is 10.1 Å². The number of hydrogen-bond acceptors (Lipinski definition) is 7. The van der Waals surface area contributed by atoms with Gasteiger partial charge in [0.2, 0.25) is 11.7 Å². The lowest BCUT2D eigenvalue weighted by molar-refractivity contribution is -0.384. The number of carbonyl (C=O) groups is 1.